The molecule has 2 aliphatic heterocycles. The molecule has 0 radical (unpaired) electrons. The molecule has 1 N–H and O–H groups in total. The number of piperazine rings is 1. The number of fused-ring (bicyclic) bond motifs is 5. The predicted octanol–water partition coefficient (Wildman–Crippen LogP) is 5.67. The first-order valence-corrected chi connectivity index (χ1v) is 16.1. The second-order valence-corrected chi connectivity index (χ2v) is 12.8. The second kappa shape index (κ2) is 13.5. The van der Waals surface area contributed by atoms with Crippen LogP contribution >= 0.6 is 23.2 Å². The molecule has 4 unspecified atom stereocenters. The number of rotatable bonds is 5. The van der Waals surface area contributed by atoms with Gasteiger partial charge in [0.15, 0.2) is 0 Å². The maximum Gasteiger partial charge on any atom is 0.235 e. The van der Waals surface area contributed by atoms with Crippen molar-refractivity contribution in [1.29, 1.82) is 0 Å². The summed E-state index contributed by atoms with van der Waals surface area (Å²) < 4.78 is 0. The number of amides is 2. The van der Waals surface area contributed by atoms with Gasteiger partial charge in [0.25, 0.3) is 0 Å². The molecule has 1 aromatic rings. The lowest BCUT2D eigenvalue weighted by Gasteiger charge is -2.56. The highest BCUT2D eigenvalue weighted by Gasteiger charge is 2.59. The van der Waals surface area contributed by atoms with Gasteiger partial charge in [0.05, 0.1) is 17.6 Å². The lowest BCUT2D eigenvalue weighted by Crippen LogP contribution is -2.66. The summed E-state index contributed by atoms with van der Waals surface area (Å²) in [7, 11) is 0. The van der Waals surface area contributed by atoms with Gasteiger partial charge in [-0.3, -0.25) is 9.59 Å². The number of halogens is 2. The normalized spacial score (nSPS) is 31.0. The Morgan fingerprint density at radius 2 is 1.95 bits per heavy atom. The number of piperidine rings is 1. The van der Waals surface area contributed by atoms with E-state index >= 15 is 0 Å². The Balaban J connectivity index is 1.56. The zero-order valence-electron chi connectivity index (χ0n) is 24.1. The first-order chi connectivity index (χ1) is 19.8. The van der Waals surface area contributed by atoms with Gasteiger partial charge >= 0.3 is 0 Å². The van der Waals surface area contributed by atoms with Crippen LogP contribution in [0.3, 0.4) is 0 Å². The molecule has 0 spiro atoms. The number of likely N-dealkylation sites (tertiary alicyclic amines) is 1. The monoisotopic (exact) mass is 599 g/mol. The summed E-state index contributed by atoms with van der Waals surface area (Å²) in [6.07, 6.45) is 15.3. The molecular formula is C33H43Cl2N3O3. The Kier molecular flexibility index (Phi) is 9.96. The van der Waals surface area contributed by atoms with E-state index in [0.717, 1.165) is 50.0 Å². The van der Waals surface area contributed by atoms with E-state index in [1.807, 2.05) is 21.9 Å². The van der Waals surface area contributed by atoms with Crippen LogP contribution in [0.5, 0.6) is 0 Å². The fraction of sp³-hybridized carbons (Fsp3) is 0.576. The van der Waals surface area contributed by atoms with Crippen LogP contribution in [0.25, 0.3) is 0 Å². The molecule has 2 aliphatic carbocycles. The van der Waals surface area contributed by atoms with E-state index in [1.54, 1.807) is 6.07 Å². The SMILES string of the molecule is CCN1CCN(C(=O)C23CCC(=O)N(CCc4ccc(Cl)cc4Cl)C2C2CC=C3/C=C\C=C/CCCC(O)C2)CC1. The fourth-order valence-electron chi connectivity index (χ4n) is 7.43. The number of benzene rings is 1. The Labute approximate surface area is 254 Å². The topological polar surface area (TPSA) is 64.1 Å². The molecule has 5 rings (SSSR count). The van der Waals surface area contributed by atoms with Gasteiger partial charge in [-0.1, -0.05) is 66.6 Å². The van der Waals surface area contributed by atoms with E-state index in [1.165, 1.54) is 0 Å². The lowest BCUT2D eigenvalue weighted by molar-refractivity contribution is -0.160. The number of likely N-dealkylation sites (N-methyl/N-ethyl adjacent to an activating group) is 1. The number of aliphatic hydroxyl groups excluding tert-OH is 1. The van der Waals surface area contributed by atoms with Crippen molar-refractivity contribution in [3.05, 3.63) is 69.8 Å². The highest BCUT2D eigenvalue weighted by atomic mass is 35.5. The standard InChI is InChI=1S/C33H43Cl2N3O3/c1-2-36-18-20-37(21-19-36)32(41)33-16-14-30(40)38(17-15-24-11-13-27(34)23-29(24)35)31(33)25-10-12-26(33)8-6-4-3-5-7-9-28(39)22-25/h3-4,6,8,11-13,23,25,28,31,39H,2,5,7,9-10,14-22H2,1H3/b4-3-,8-6-. The van der Waals surface area contributed by atoms with Crippen molar-refractivity contribution < 1.29 is 14.7 Å². The third-order valence-electron chi connectivity index (χ3n) is 9.63. The number of allylic oxidation sites excluding steroid dienone is 5. The molecular weight excluding hydrogens is 557 g/mol. The Morgan fingerprint density at radius 1 is 1.15 bits per heavy atom. The van der Waals surface area contributed by atoms with Crippen LogP contribution in [0.15, 0.2) is 54.2 Å². The zero-order valence-corrected chi connectivity index (χ0v) is 25.6. The summed E-state index contributed by atoms with van der Waals surface area (Å²) >= 11 is 12.7. The van der Waals surface area contributed by atoms with Crippen LogP contribution in [0.2, 0.25) is 10.0 Å². The predicted molar refractivity (Wildman–Crippen MR) is 165 cm³/mol. The summed E-state index contributed by atoms with van der Waals surface area (Å²) in [5.74, 6) is 0.198. The molecule has 222 valence electrons. The number of carbonyl (C=O) groups is 2. The molecule has 41 heavy (non-hydrogen) atoms. The van der Waals surface area contributed by atoms with E-state index in [9.17, 15) is 14.7 Å². The minimum absolute atomic E-state index is 0.0123. The van der Waals surface area contributed by atoms with Gasteiger partial charge in [-0.15, -0.1) is 0 Å². The second-order valence-electron chi connectivity index (χ2n) is 12.0. The van der Waals surface area contributed by atoms with Crippen molar-refractivity contribution in [2.24, 2.45) is 11.3 Å². The van der Waals surface area contributed by atoms with Crippen LogP contribution in [0.1, 0.15) is 57.4 Å². The van der Waals surface area contributed by atoms with Crippen molar-refractivity contribution in [2.45, 2.75) is 70.4 Å². The van der Waals surface area contributed by atoms with Crippen LogP contribution in [0, 0.1) is 11.3 Å². The van der Waals surface area contributed by atoms with Gasteiger partial charge in [-0.25, -0.2) is 0 Å². The van der Waals surface area contributed by atoms with Gasteiger partial charge in [0, 0.05) is 49.2 Å². The molecule has 2 amide bonds. The molecule has 2 bridgehead atoms. The van der Waals surface area contributed by atoms with Crippen molar-refractivity contribution in [3.8, 4) is 0 Å². The first-order valence-electron chi connectivity index (χ1n) is 15.3. The fourth-order valence-corrected chi connectivity index (χ4v) is 7.93. The van der Waals surface area contributed by atoms with E-state index in [0.29, 0.717) is 61.8 Å². The number of carbonyl (C=O) groups excluding carboxylic acids is 2. The molecule has 2 heterocycles. The van der Waals surface area contributed by atoms with E-state index in [-0.39, 0.29) is 23.8 Å². The molecule has 6 nitrogen and oxygen atoms in total. The number of nitrogens with zero attached hydrogens (tertiary/aromatic N) is 3. The Bertz CT molecular complexity index is 1210. The van der Waals surface area contributed by atoms with Crippen molar-refractivity contribution in [1.82, 2.24) is 14.7 Å². The first kappa shape index (κ1) is 30.3. The lowest BCUT2D eigenvalue weighted by atomic mass is 9.58. The maximum atomic E-state index is 14.9. The van der Waals surface area contributed by atoms with Crippen LogP contribution in [0.4, 0.5) is 0 Å². The van der Waals surface area contributed by atoms with E-state index < -0.39 is 11.5 Å². The van der Waals surface area contributed by atoms with Crippen LogP contribution < -0.4 is 0 Å². The van der Waals surface area contributed by atoms with Crippen molar-refractivity contribution in [3.63, 3.8) is 0 Å². The summed E-state index contributed by atoms with van der Waals surface area (Å²) in [5.41, 5.74) is 1.11. The van der Waals surface area contributed by atoms with Crippen LogP contribution in [-0.2, 0) is 16.0 Å². The van der Waals surface area contributed by atoms with Crippen LogP contribution in [-0.4, -0.2) is 83.0 Å². The number of hydrogen-bond acceptors (Lipinski definition) is 4. The molecule has 2 fully saturated rings. The molecule has 0 aromatic heterocycles. The summed E-state index contributed by atoms with van der Waals surface area (Å²) in [4.78, 5) is 35.0. The average molecular weight is 601 g/mol. The smallest absolute Gasteiger partial charge is 0.235 e. The third-order valence-corrected chi connectivity index (χ3v) is 10.2. The summed E-state index contributed by atoms with van der Waals surface area (Å²) in [5, 5.41) is 12.3. The van der Waals surface area contributed by atoms with E-state index in [2.05, 4.69) is 42.2 Å². The molecule has 4 aliphatic rings. The van der Waals surface area contributed by atoms with Gasteiger partial charge in [0.1, 0.15) is 0 Å². The van der Waals surface area contributed by atoms with Crippen molar-refractivity contribution >= 4 is 35.0 Å². The molecule has 1 aromatic carbocycles. The highest BCUT2D eigenvalue weighted by Crippen LogP contribution is 2.52. The van der Waals surface area contributed by atoms with Gasteiger partial charge in [-0.05, 0) is 80.7 Å². The number of aliphatic hydroxyl groups is 1. The minimum Gasteiger partial charge on any atom is -0.393 e. The maximum absolute atomic E-state index is 14.9. The summed E-state index contributed by atoms with van der Waals surface area (Å²) in [6.45, 7) is 6.71. The van der Waals surface area contributed by atoms with Crippen molar-refractivity contribution in [2.75, 3.05) is 39.3 Å². The average Bonchev–Trinajstić information content (AvgIpc) is 2.99. The largest absolute Gasteiger partial charge is 0.393 e. The highest BCUT2D eigenvalue weighted by molar-refractivity contribution is 6.35. The molecule has 0 saturated carbocycles. The zero-order chi connectivity index (χ0) is 29.0. The Morgan fingerprint density at radius 3 is 2.71 bits per heavy atom. The van der Waals surface area contributed by atoms with E-state index in [4.69, 9.17) is 23.2 Å². The van der Waals surface area contributed by atoms with Gasteiger partial charge in [-0.2, -0.15) is 0 Å². The van der Waals surface area contributed by atoms with Gasteiger partial charge in [0.2, 0.25) is 11.8 Å². The third kappa shape index (κ3) is 6.46. The Hall–Kier alpha value is -2.12. The minimum atomic E-state index is -0.840. The van der Waals surface area contributed by atoms with Gasteiger partial charge < -0.3 is 19.8 Å². The molecule has 2 saturated heterocycles. The summed E-state index contributed by atoms with van der Waals surface area (Å²) in [6, 6.07) is 5.16. The number of hydrogen-bond donors (Lipinski definition) is 1. The molecule has 8 heteroatoms. The quantitative estimate of drug-likeness (QED) is 0.473. The molecule has 4 atom stereocenters.